The molecule has 0 aromatic rings. The molecule has 0 radical (unpaired) electrons. The van der Waals surface area contributed by atoms with Crippen molar-refractivity contribution in [1.29, 1.82) is 0 Å². The van der Waals surface area contributed by atoms with E-state index in [-0.39, 0.29) is 0 Å². The molecular weight excluding hydrogens is 258 g/mol. The van der Waals surface area contributed by atoms with Crippen LogP contribution in [0.2, 0.25) is 0 Å². The molecule has 1 aliphatic carbocycles. The number of hydrogen-bond acceptors (Lipinski definition) is 2. The van der Waals surface area contributed by atoms with Gasteiger partial charge in [-0.3, -0.25) is 0 Å². The topological polar surface area (TPSA) is 20.3 Å². The zero-order valence-electron chi connectivity index (χ0n) is 14.2. The summed E-state index contributed by atoms with van der Waals surface area (Å²) in [6, 6.07) is 0. The van der Waals surface area contributed by atoms with Crippen LogP contribution in [0.1, 0.15) is 40.0 Å². The Morgan fingerprint density at radius 2 is 1.81 bits per heavy atom. The molecule has 2 aliphatic rings. The monoisotopic (exact) mass is 289 g/mol. The van der Waals surface area contributed by atoms with Crippen molar-refractivity contribution in [2.24, 2.45) is 16.7 Å². The van der Waals surface area contributed by atoms with E-state index in [1.165, 1.54) is 32.4 Å². The van der Waals surface area contributed by atoms with Crippen molar-refractivity contribution >= 4 is 6.29 Å². The highest BCUT2D eigenvalue weighted by atomic mass is 16.1. The van der Waals surface area contributed by atoms with Crippen LogP contribution in [0.5, 0.6) is 0 Å². The summed E-state index contributed by atoms with van der Waals surface area (Å²) >= 11 is 0. The Hall–Kier alpha value is -1.15. The Morgan fingerprint density at radius 1 is 1.29 bits per heavy atom. The van der Waals surface area contributed by atoms with Gasteiger partial charge in [0.1, 0.15) is 6.29 Å². The predicted octanol–water partition coefficient (Wildman–Crippen LogP) is 4.25. The van der Waals surface area contributed by atoms with E-state index in [9.17, 15) is 4.79 Å². The van der Waals surface area contributed by atoms with E-state index < -0.39 is 5.41 Å². The molecule has 2 nitrogen and oxygen atoms in total. The second kappa shape index (κ2) is 7.22. The smallest absolute Gasteiger partial charge is 0.129 e. The summed E-state index contributed by atoms with van der Waals surface area (Å²) in [7, 11) is 2.24. The number of rotatable bonds is 4. The van der Waals surface area contributed by atoms with Crippen molar-refractivity contribution in [3.05, 3.63) is 37.0 Å². The van der Waals surface area contributed by atoms with Gasteiger partial charge in [-0.1, -0.05) is 38.3 Å². The first-order chi connectivity index (χ1) is 9.81. The summed E-state index contributed by atoms with van der Waals surface area (Å²) in [6.07, 6.45) is 10.5. The van der Waals surface area contributed by atoms with Crippen molar-refractivity contribution in [3.8, 4) is 0 Å². The van der Waals surface area contributed by atoms with Crippen LogP contribution < -0.4 is 0 Å². The van der Waals surface area contributed by atoms with E-state index in [0.717, 1.165) is 23.2 Å². The summed E-state index contributed by atoms with van der Waals surface area (Å²) in [4.78, 5) is 13.0. The SMILES string of the molecule is C=C/C=C(\C=C)C(C)(C)C=O.CC1CC12CCN(C)CC2. The predicted molar refractivity (Wildman–Crippen MR) is 91.3 cm³/mol. The fraction of sp³-hybridized carbons (Fsp3) is 0.632. The molecule has 0 bridgehead atoms. The molecule has 118 valence electrons. The van der Waals surface area contributed by atoms with Crippen molar-refractivity contribution in [2.75, 3.05) is 20.1 Å². The van der Waals surface area contributed by atoms with Gasteiger partial charge in [-0.25, -0.2) is 0 Å². The number of allylic oxidation sites excluding steroid dienone is 4. The number of hydrogen-bond donors (Lipinski definition) is 0. The summed E-state index contributed by atoms with van der Waals surface area (Å²) in [5.74, 6) is 1.04. The average Bonchev–Trinajstić information content (AvgIpc) is 3.10. The van der Waals surface area contributed by atoms with Gasteiger partial charge in [-0.2, -0.15) is 0 Å². The van der Waals surface area contributed by atoms with Crippen LogP contribution >= 0.6 is 0 Å². The lowest BCUT2D eigenvalue weighted by atomic mass is 9.85. The lowest BCUT2D eigenvalue weighted by Gasteiger charge is -2.29. The standard InChI is InChI=1S/C10H14O.C9H17N/c1-5-7-9(6-2)10(3,4)8-11;1-8-7-9(8)3-5-10(2)6-4-9/h5-8H,1-2H2,3-4H3;8H,3-7H2,1-2H3/b9-7+;. The molecule has 0 N–H and O–H groups in total. The first kappa shape index (κ1) is 17.9. The third kappa shape index (κ3) is 4.67. The second-order valence-electron chi connectivity index (χ2n) is 7.17. The highest BCUT2D eigenvalue weighted by molar-refractivity contribution is 5.65. The van der Waals surface area contributed by atoms with Crippen LogP contribution in [-0.2, 0) is 4.79 Å². The highest BCUT2D eigenvalue weighted by Gasteiger charge is 2.51. The summed E-state index contributed by atoms with van der Waals surface area (Å²) in [5, 5.41) is 0. The van der Waals surface area contributed by atoms with Gasteiger partial charge >= 0.3 is 0 Å². The maximum absolute atomic E-state index is 10.6. The van der Waals surface area contributed by atoms with Crippen LogP contribution in [0.25, 0.3) is 0 Å². The fourth-order valence-electron chi connectivity index (χ4n) is 3.05. The Labute approximate surface area is 130 Å². The molecule has 1 unspecified atom stereocenters. The summed E-state index contributed by atoms with van der Waals surface area (Å²) < 4.78 is 0. The maximum atomic E-state index is 10.6. The van der Waals surface area contributed by atoms with E-state index in [2.05, 4.69) is 32.0 Å². The lowest BCUT2D eigenvalue weighted by molar-refractivity contribution is -0.113. The third-order valence-corrected chi connectivity index (χ3v) is 5.14. The van der Waals surface area contributed by atoms with E-state index >= 15 is 0 Å². The molecule has 0 amide bonds. The number of carbonyl (C=O) groups is 1. The van der Waals surface area contributed by atoms with Crippen molar-refractivity contribution < 1.29 is 4.79 Å². The molecule has 2 fully saturated rings. The normalized spacial score (nSPS) is 24.8. The summed E-state index contributed by atoms with van der Waals surface area (Å²) in [6.45, 7) is 15.9. The first-order valence-electron chi connectivity index (χ1n) is 7.92. The van der Waals surface area contributed by atoms with Crippen LogP contribution in [0.4, 0.5) is 0 Å². The zero-order valence-corrected chi connectivity index (χ0v) is 14.2. The van der Waals surface area contributed by atoms with E-state index in [1.807, 2.05) is 13.8 Å². The third-order valence-electron chi connectivity index (χ3n) is 5.14. The van der Waals surface area contributed by atoms with Gasteiger partial charge in [-0.15, -0.1) is 0 Å². The minimum Gasteiger partial charge on any atom is -0.306 e. The molecule has 21 heavy (non-hydrogen) atoms. The Balaban J connectivity index is 0.000000210. The van der Waals surface area contributed by atoms with Crippen molar-refractivity contribution in [1.82, 2.24) is 4.90 Å². The van der Waals surface area contributed by atoms with Gasteiger partial charge in [-0.05, 0) is 70.2 Å². The van der Waals surface area contributed by atoms with Crippen LogP contribution in [-0.4, -0.2) is 31.3 Å². The molecular formula is C19H31NO. The Morgan fingerprint density at radius 3 is 2.14 bits per heavy atom. The number of nitrogens with zero attached hydrogens (tertiary/aromatic N) is 1. The first-order valence-corrected chi connectivity index (χ1v) is 7.92. The quantitative estimate of drug-likeness (QED) is 0.569. The number of aldehydes is 1. The second-order valence-corrected chi connectivity index (χ2v) is 7.17. The molecule has 0 aromatic carbocycles. The number of carbonyl (C=O) groups excluding carboxylic acids is 1. The number of piperidine rings is 1. The van der Waals surface area contributed by atoms with Crippen LogP contribution in [0.15, 0.2) is 37.0 Å². The lowest BCUT2D eigenvalue weighted by Crippen LogP contribution is -2.31. The Kier molecular flexibility index (Phi) is 6.15. The van der Waals surface area contributed by atoms with Gasteiger partial charge < -0.3 is 9.69 Å². The highest BCUT2D eigenvalue weighted by Crippen LogP contribution is 2.58. The minimum atomic E-state index is -0.448. The molecule has 1 atom stereocenters. The average molecular weight is 289 g/mol. The molecule has 1 saturated heterocycles. The van der Waals surface area contributed by atoms with Crippen molar-refractivity contribution in [2.45, 2.75) is 40.0 Å². The van der Waals surface area contributed by atoms with Gasteiger partial charge in [0.15, 0.2) is 0 Å². The number of likely N-dealkylation sites (tertiary alicyclic amines) is 1. The van der Waals surface area contributed by atoms with Gasteiger partial charge in [0.2, 0.25) is 0 Å². The van der Waals surface area contributed by atoms with E-state index in [0.29, 0.717) is 0 Å². The molecule has 2 heteroatoms. The maximum Gasteiger partial charge on any atom is 0.129 e. The largest absolute Gasteiger partial charge is 0.306 e. The molecule has 1 aliphatic heterocycles. The molecule has 1 heterocycles. The van der Waals surface area contributed by atoms with E-state index in [1.54, 1.807) is 18.2 Å². The van der Waals surface area contributed by atoms with Gasteiger partial charge in [0.05, 0.1) is 0 Å². The minimum absolute atomic E-state index is 0.448. The molecule has 1 spiro atoms. The van der Waals surface area contributed by atoms with Crippen LogP contribution in [0, 0.1) is 16.7 Å². The van der Waals surface area contributed by atoms with Crippen LogP contribution in [0.3, 0.4) is 0 Å². The summed E-state index contributed by atoms with van der Waals surface area (Å²) in [5.41, 5.74) is 1.27. The zero-order chi connectivity index (χ0) is 16.1. The molecule has 0 aromatic heterocycles. The molecule has 2 rings (SSSR count). The van der Waals surface area contributed by atoms with Gasteiger partial charge in [0.25, 0.3) is 0 Å². The van der Waals surface area contributed by atoms with Crippen molar-refractivity contribution in [3.63, 3.8) is 0 Å². The van der Waals surface area contributed by atoms with E-state index in [4.69, 9.17) is 0 Å². The fourth-order valence-corrected chi connectivity index (χ4v) is 3.05. The van der Waals surface area contributed by atoms with Gasteiger partial charge in [0, 0.05) is 5.41 Å². The Bertz CT molecular complexity index is 411. The molecule has 1 saturated carbocycles.